The summed E-state index contributed by atoms with van der Waals surface area (Å²) in [5.74, 6) is 0.157. The molecule has 1 heterocycles. The van der Waals surface area contributed by atoms with Gasteiger partial charge < -0.3 is 10.2 Å². The van der Waals surface area contributed by atoms with Crippen molar-refractivity contribution >= 4 is 41.3 Å². The highest BCUT2D eigenvalue weighted by atomic mass is 35.5. The third-order valence-corrected chi connectivity index (χ3v) is 5.92. The molecule has 2 unspecified atom stereocenters. The fourth-order valence-corrected chi connectivity index (χ4v) is 4.28. The quantitative estimate of drug-likeness (QED) is 0.198. The first-order valence-electron chi connectivity index (χ1n) is 9.92. The Labute approximate surface area is 194 Å². The molecule has 0 bridgehead atoms. The maximum absolute atomic E-state index is 11.4. The van der Waals surface area contributed by atoms with Crippen molar-refractivity contribution in [2.45, 2.75) is 53.1 Å². The number of thiophene rings is 1. The maximum Gasteiger partial charge on any atom is 0.121 e. The Kier molecular flexibility index (Phi) is 12.0. The van der Waals surface area contributed by atoms with Crippen LogP contribution in [0, 0.1) is 5.92 Å². The van der Waals surface area contributed by atoms with E-state index in [1.807, 2.05) is 31.2 Å². The minimum atomic E-state index is -1.05. The van der Waals surface area contributed by atoms with E-state index in [0.29, 0.717) is 26.9 Å². The predicted octanol–water partition coefficient (Wildman–Crippen LogP) is 7.78. The molecular formula is C24H31Cl2NO2S. The molecule has 0 saturated heterocycles. The van der Waals surface area contributed by atoms with Gasteiger partial charge in [-0.15, -0.1) is 11.3 Å². The molecular weight excluding hydrogens is 437 g/mol. The molecule has 0 spiro atoms. The first-order chi connectivity index (χ1) is 14.2. The summed E-state index contributed by atoms with van der Waals surface area (Å²) in [6.07, 6.45) is 9.84. The van der Waals surface area contributed by atoms with Gasteiger partial charge in [0, 0.05) is 33.7 Å². The summed E-state index contributed by atoms with van der Waals surface area (Å²) in [6, 6.07) is 3.71. The Morgan fingerprint density at radius 1 is 1.33 bits per heavy atom. The van der Waals surface area contributed by atoms with E-state index in [9.17, 15) is 10.2 Å². The lowest BCUT2D eigenvalue weighted by Crippen LogP contribution is -2.19. The Morgan fingerprint density at radius 2 is 2.03 bits per heavy atom. The summed E-state index contributed by atoms with van der Waals surface area (Å²) in [7, 11) is 0. The number of allylic oxidation sites excluding steroid dienone is 5. The Morgan fingerprint density at radius 3 is 2.53 bits per heavy atom. The number of hydrogen-bond donors (Lipinski definition) is 2. The summed E-state index contributed by atoms with van der Waals surface area (Å²) < 4.78 is 0.658. The van der Waals surface area contributed by atoms with Crippen LogP contribution in [-0.4, -0.2) is 23.0 Å². The average molecular weight is 468 g/mol. The van der Waals surface area contributed by atoms with Crippen molar-refractivity contribution in [3.63, 3.8) is 0 Å². The lowest BCUT2D eigenvalue weighted by atomic mass is 9.88. The third-order valence-electron chi connectivity index (χ3n) is 4.56. The second-order valence-electron chi connectivity index (χ2n) is 7.04. The van der Waals surface area contributed by atoms with Crippen LogP contribution in [0.1, 0.15) is 45.4 Å². The topological polar surface area (TPSA) is 52.8 Å². The van der Waals surface area contributed by atoms with E-state index in [1.165, 1.54) is 17.5 Å². The number of aliphatic hydroxyl groups is 2. The van der Waals surface area contributed by atoms with Crippen molar-refractivity contribution in [3.05, 3.63) is 79.4 Å². The minimum absolute atomic E-state index is 0.0709. The van der Waals surface area contributed by atoms with Gasteiger partial charge in [-0.3, -0.25) is 4.99 Å². The van der Waals surface area contributed by atoms with E-state index in [4.69, 9.17) is 23.2 Å². The minimum Gasteiger partial charge on any atom is -0.508 e. The molecule has 2 N–H and O–H groups in total. The number of aliphatic imine (C=N–C) groups is 1. The van der Waals surface area contributed by atoms with Crippen LogP contribution in [0.4, 0.5) is 0 Å². The summed E-state index contributed by atoms with van der Waals surface area (Å²) in [5.41, 5.74) is 1.76. The van der Waals surface area contributed by atoms with E-state index in [1.54, 1.807) is 19.1 Å². The summed E-state index contributed by atoms with van der Waals surface area (Å²) >= 11 is 13.6. The first kappa shape index (κ1) is 26.4. The predicted molar refractivity (Wildman–Crippen MR) is 133 cm³/mol. The Hall–Kier alpha value is -1.59. The van der Waals surface area contributed by atoms with Crippen LogP contribution in [0.15, 0.2) is 75.1 Å². The molecule has 0 saturated carbocycles. The van der Waals surface area contributed by atoms with Gasteiger partial charge >= 0.3 is 0 Å². The normalized spacial score (nSPS) is 16.6. The summed E-state index contributed by atoms with van der Waals surface area (Å²) in [5, 5.41) is 23.2. The van der Waals surface area contributed by atoms with Crippen molar-refractivity contribution in [1.29, 1.82) is 0 Å². The zero-order chi connectivity index (χ0) is 22.7. The maximum atomic E-state index is 11.4. The standard InChI is InChI=1S/C24H31Cl2NO2S/c1-6-8-16(3)20(12-10-17(4)25)24(29)21(14-19-11-13-22(26)30-19)23(28)18(9-7-2)15-27-5/h7,9-13,15-16,23,28-29H,5-6,8,14H2,1-4H3/b9-7-,17-10+,18-15+,20-12+,24-21+. The lowest BCUT2D eigenvalue weighted by molar-refractivity contribution is 0.237. The monoisotopic (exact) mass is 467 g/mol. The highest BCUT2D eigenvalue weighted by Crippen LogP contribution is 2.32. The fraction of sp³-hybridized carbons (Fsp3) is 0.375. The zero-order valence-electron chi connectivity index (χ0n) is 18.0. The van der Waals surface area contributed by atoms with Gasteiger partial charge in [-0.25, -0.2) is 0 Å². The first-order valence-corrected chi connectivity index (χ1v) is 11.5. The van der Waals surface area contributed by atoms with Crippen LogP contribution in [-0.2, 0) is 6.42 Å². The molecule has 6 heteroatoms. The lowest BCUT2D eigenvalue weighted by Gasteiger charge is -2.22. The van der Waals surface area contributed by atoms with Crippen molar-refractivity contribution in [2.24, 2.45) is 10.9 Å². The Bertz CT molecular complexity index is 858. The van der Waals surface area contributed by atoms with Crippen molar-refractivity contribution < 1.29 is 10.2 Å². The molecule has 1 aromatic heterocycles. The second kappa shape index (κ2) is 13.7. The van der Waals surface area contributed by atoms with Gasteiger partial charge in [0.25, 0.3) is 0 Å². The van der Waals surface area contributed by atoms with E-state index in [2.05, 4.69) is 25.6 Å². The Balaban J connectivity index is 3.65. The van der Waals surface area contributed by atoms with Gasteiger partial charge in [-0.1, -0.05) is 61.7 Å². The molecule has 3 nitrogen and oxygen atoms in total. The molecule has 164 valence electrons. The van der Waals surface area contributed by atoms with Crippen LogP contribution in [0.2, 0.25) is 4.34 Å². The number of rotatable bonds is 11. The highest BCUT2D eigenvalue weighted by molar-refractivity contribution is 7.16. The molecule has 0 aliphatic carbocycles. The van der Waals surface area contributed by atoms with Crippen LogP contribution in [0.3, 0.4) is 0 Å². The van der Waals surface area contributed by atoms with Crippen molar-refractivity contribution in [3.8, 4) is 0 Å². The number of halogens is 2. The van der Waals surface area contributed by atoms with Crippen LogP contribution >= 0.6 is 34.5 Å². The van der Waals surface area contributed by atoms with E-state index >= 15 is 0 Å². The number of nitrogens with zero attached hydrogens (tertiary/aromatic N) is 1. The number of aliphatic hydroxyl groups excluding tert-OH is 2. The van der Waals surface area contributed by atoms with Crippen molar-refractivity contribution in [1.82, 2.24) is 0 Å². The summed E-state index contributed by atoms with van der Waals surface area (Å²) in [6.45, 7) is 11.3. The molecule has 1 aromatic rings. The van der Waals surface area contributed by atoms with Crippen LogP contribution in [0.5, 0.6) is 0 Å². The van der Waals surface area contributed by atoms with E-state index in [-0.39, 0.29) is 11.7 Å². The average Bonchev–Trinajstić information content (AvgIpc) is 3.10. The molecule has 0 radical (unpaired) electrons. The van der Waals surface area contributed by atoms with Crippen molar-refractivity contribution in [2.75, 3.05) is 0 Å². The zero-order valence-corrected chi connectivity index (χ0v) is 20.4. The van der Waals surface area contributed by atoms with E-state index < -0.39 is 6.10 Å². The van der Waals surface area contributed by atoms with E-state index in [0.717, 1.165) is 23.3 Å². The van der Waals surface area contributed by atoms with Gasteiger partial charge in [-0.05, 0) is 56.7 Å². The molecule has 30 heavy (non-hydrogen) atoms. The van der Waals surface area contributed by atoms with Gasteiger partial charge in [0.1, 0.15) is 11.9 Å². The van der Waals surface area contributed by atoms with Crippen LogP contribution in [0.25, 0.3) is 0 Å². The molecule has 2 atom stereocenters. The molecule has 0 aliphatic heterocycles. The van der Waals surface area contributed by atoms with Gasteiger partial charge in [-0.2, -0.15) is 0 Å². The third kappa shape index (κ3) is 8.27. The highest BCUT2D eigenvalue weighted by Gasteiger charge is 2.24. The largest absolute Gasteiger partial charge is 0.508 e. The fourth-order valence-electron chi connectivity index (χ4n) is 3.10. The second-order valence-corrected chi connectivity index (χ2v) is 9.43. The summed E-state index contributed by atoms with van der Waals surface area (Å²) in [4.78, 5) is 4.75. The number of hydrogen-bond acceptors (Lipinski definition) is 4. The molecule has 0 amide bonds. The smallest absolute Gasteiger partial charge is 0.121 e. The van der Waals surface area contributed by atoms with Gasteiger partial charge in [0.05, 0.1) is 4.34 Å². The SMILES string of the molecule is C=N/C=C(\C=C/C)C(O)\C(Cc1ccc(Cl)s1)=C(O)/C(=C/C=C(\C)Cl)C(C)CCC. The molecule has 0 fully saturated rings. The van der Waals surface area contributed by atoms with Crippen LogP contribution < -0.4 is 0 Å². The van der Waals surface area contributed by atoms with Gasteiger partial charge in [0.2, 0.25) is 0 Å². The molecule has 1 rings (SSSR count). The van der Waals surface area contributed by atoms with Gasteiger partial charge in [0.15, 0.2) is 0 Å². The molecule has 0 aromatic carbocycles. The molecule has 0 aliphatic rings.